The van der Waals surface area contributed by atoms with Crippen LogP contribution in [0.3, 0.4) is 0 Å². The molecule has 0 saturated carbocycles. The summed E-state index contributed by atoms with van der Waals surface area (Å²) >= 11 is 0. The third-order valence-corrected chi connectivity index (χ3v) is 3.14. The van der Waals surface area contributed by atoms with Gasteiger partial charge in [0, 0.05) is 52.1 Å². The van der Waals surface area contributed by atoms with Crippen molar-refractivity contribution in [3.8, 4) is 0 Å². The first-order valence-corrected chi connectivity index (χ1v) is 6.45. The van der Waals surface area contributed by atoms with Gasteiger partial charge in [-0.1, -0.05) is 0 Å². The second-order valence-corrected chi connectivity index (χ2v) is 4.20. The number of amides is 2. The van der Waals surface area contributed by atoms with Crippen molar-refractivity contribution in [3.05, 3.63) is 0 Å². The van der Waals surface area contributed by atoms with E-state index in [4.69, 9.17) is 0 Å². The molecule has 1 fully saturated rings. The van der Waals surface area contributed by atoms with Gasteiger partial charge in [0.1, 0.15) is 0 Å². The average Bonchev–Trinajstić information content (AvgIpc) is 2.38. The predicted molar refractivity (Wildman–Crippen MR) is 66.6 cm³/mol. The van der Waals surface area contributed by atoms with Gasteiger partial charge in [-0.2, -0.15) is 0 Å². The molecule has 1 aliphatic rings. The molecule has 0 atom stereocenters. The van der Waals surface area contributed by atoms with Gasteiger partial charge in [-0.05, 0) is 13.8 Å². The van der Waals surface area contributed by atoms with Crippen LogP contribution in [0.1, 0.15) is 26.7 Å². The molecular weight excluding hydrogens is 218 g/mol. The fraction of sp³-hybridized carbons (Fsp3) is 0.833. The lowest BCUT2D eigenvalue weighted by atomic mass is 10.2. The van der Waals surface area contributed by atoms with E-state index < -0.39 is 0 Å². The van der Waals surface area contributed by atoms with Crippen LogP contribution in [-0.2, 0) is 9.59 Å². The van der Waals surface area contributed by atoms with E-state index in [0.717, 1.165) is 39.3 Å². The Balaban J connectivity index is 2.29. The summed E-state index contributed by atoms with van der Waals surface area (Å²) < 4.78 is 0. The van der Waals surface area contributed by atoms with Crippen LogP contribution >= 0.6 is 0 Å². The first-order valence-electron chi connectivity index (χ1n) is 6.45. The molecule has 5 nitrogen and oxygen atoms in total. The van der Waals surface area contributed by atoms with E-state index in [1.54, 1.807) is 4.90 Å². The summed E-state index contributed by atoms with van der Waals surface area (Å²) in [6, 6.07) is 0. The van der Waals surface area contributed by atoms with Crippen molar-refractivity contribution in [1.29, 1.82) is 0 Å². The maximum atomic E-state index is 11.8. The van der Waals surface area contributed by atoms with Gasteiger partial charge in [-0.25, -0.2) is 0 Å². The maximum Gasteiger partial charge on any atom is 0.223 e. The van der Waals surface area contributed by atoms with E-state index >= 15 is 0 Å². The van der Waals surface area contributed by atoms with Crippen LogP contribution in [0.15, 0.2) is 0 Å². The highest BCUT2D eigenvalue weighted by atomic mass is 16.2. The van der Waals surface area contributed by atoms with Crippen molar-refractivity contribution < 1.29 is 9.59 Å². The third kappa shape index (κ3) is 4.34. The summed E-state index contributed by atoms with van der Waals surface area (Å²) in [6.07, 6.45) is 0.680. The fourth-order valence-electron chi connectivity index (χ4n) is 2.02. The molecule has 0 aromatic rings. The number of carbonyl (C=O) groups excluding carboxylic acids is 2. The lowest BCUT2D eigenvalue weighted by molar-refractivity contribution is -0.137. The van der Waals surface area contributed by atoms with Gasteiger partial charge >= 0.3 is 0 Å². The van der Waals surface area contributed by atoms with Crippen LogP contribution < -0.4 is 5.32 Å². The summed E-state index contributed by atoms with van der Waals surface area (Å²) in [5, 5.41) is 3.20. The molecular formula is C12H23N3O2. The molecule has 5 heteroatoms. The van der Waals surface area contributed by atoms with E-state index in [-0.39, 0.29) is 11.8 Å². The van der Waals surface area contributed by atoms with Gasteiger partial charge < -0.3 is 15.1 Å². The first kappa shape index (κ1) is 14.0. The second kappa shape index (κ2) is 7.27. The van der Waals surface area contributed by atoms with E-state index in [1.807, 2.05) is 18.7 Å². The van der Waals surface area contributed by atoms with Crippen LogP contribution in [-0.4, -0.2) is 60.9 Å². The monoisotopic (exact) mass is 241 g/mol. The van der Waals surface area contributed by atoms with Gasteiger partial charge in [0.05, 0.1) is 0 Å². The molecule has 1 rings (SSSR count). The standard InChI is InChI=1S/C12H23N3O2/c1-3-14(4-2)11(16)5-6-12(17)15-9-7-13-8-10-15/h13H,3-10H2,1-2H3. The van der Waals surface area contributed by atoms with Crippen LogP contribution in [0.5, 0.6) is 0 Å². The minimum absolute atomic E-state index is 0.0819. The van der Waals surface area contributed by atoms with Crippen molar-refractivity contribution in [2.75, 3.05) is 39.3 Å². The van der Waals surface area contributed by atoms with Crippen LogP contribution in [0.25, 0.3) is 0 Å². The average molecular weight is 241 g/mol. The third-order valence-electron chi connectivity index (χ3n) is 3.14. The van der Waals surface area contributed by atoms with Crippen molar-refractivity contribution >= 4 is 11.8 Å². The Labute approximate surface area is 103 Å². The summed E-state index contributed by atoms with van der Waals surface area (Å²) in [6.45, 7) is 8.59. The Hall–Kier alpha value is -1.10. The zero-order chi connectivity index (χ0) is 12.7. The molecule has 0 spiro atoms. The van der Waals surface area contributed by atoms with Gasteiger partial charge in [-0.15, -0.1) is 0 Å². The molecule has 1 heterocycles. The zero-order valence-electron chi connectivity index (χ0n) is 10.9. The highest BCUT2D eigenvalue weighted by molar-refractivity contribution is 5.83. The van der Waals surface area contributed by atoms with Gasteiger partial charge in [0.25, 0.3) is 0 Å². The molecule has 0 aliphatic carbocycles. The van der Waals surface area contributed by atoms with Crippen LogP contribution in [0, 0.1) is 0 Å². The van der Waals surface area contributed by atoms with Crippen molar-refractivity contribution in [3.63, 3.8) is 0 Å². The molecule has 1 aliphatic heterocycles. The quantitative estimate of drug-likeness (QED) is 0.741. The molecule has 17 heavy (non-hydrogen) atoms. The number of nitrogens with zero attached hydrogens (tertiary/aromatic N) is 2. The number of hydrogen-bond acceptors (Lipinski definition) is 3. The van der Waals surface area contributed by atoms with E-state index in [0.29, 0.717) is 12.8 Å². The molecule has 0 aromatic heterocycles. The van der Waals surface area contributed by atoms with Crippen molar-refractivity contribution in [1.82, 2.24) is 15.1 Å². The largest absolute Gasteiger partial charge is 0.343 e. The Morgan fingerprint density at radius 3 is 2.24 bits per heavy atom. The van der Waals surface area contributed by atoms with Crippen molar-refractivity contribution in [2.24, 2.45) is 0 Å². The van der Waals surface area contributed by atoms with Crippen LogP contribution in [0.2, 0.25) is 0 Å². The second-order valence-electron chi connectivity index (χ2n) is 4.20. The summed E-state index contributed by atoms with van der Waals surface area (Å²) in [5.74, 6) is 0.186. The molecule has 0 unspecified atom stereocenters. The maximum absolute atomic E-state index is 11.8. The number of carbonyl (C=O) groups is 2. The summed E-state index contributed by atoms with van der Waals surface area (Å²) in [7, 11) is 0. The normalized spacial score (nSPS) is 15.8. The number of rotatable bonds is 5. The van der Waals surface area contributed by atoms with Gasteiger partial charge in [0.15, 0.2) is 0 Å². The molecule has 0 bridgehead atoms. The van der Waals surface area contributed by atoms with Crippen LogP contribution in [0.4, 0.5) is 0 Å². The predicted octanol–water partition coefficient (Wildman–Crippen LogP) is 0.0668. The van der Waals surface area contributed by atoms with Gasteiger partial charge in [-0.3, -0.25) is 9.59 Å². The van der Waals surface area contributed by atoms with E-state index in [2.05, 4.69) is 5.32 Å². The first-order chi connectivity index (χ1) is 8.19. The Kier molecular flexibility index (Phi) is 5.97. The lowest BCUT2D eigenvalue weighted by Crippen LogP contribution is -2.46. The minimum Gasteiger partial charge on any atom is -0.343 e. The zero-order valence-corrected chi connectivity index (χ0v) is 10.9. The highest BCUT2D eigenvalue weighted by Crippen LogP contribution is 2.03. The topological polar surface area (TPSA) is 52.7 Å². The number of nitrogens with one attached hydrogen (secondary N) is 1. The minimum atomic E-state index is 0.0819. The Bertz CT molecular complexity index is 258. The molecule has 0 radical (unpaired) electrons. The van der Waals surface area contributed by atoms with Crippen molar-refractivity contribution in [2.45, 2.75) is 26.7 Å². The molecule has 2 amide bonds. The molecule has 1 N–H and O–H groups in total. The number of hydrogen-bond donors (Lipinski definition) is 1. The van der Waals surface area contributed by atoms with Gasteiger partial charge in [0.2, 0.25) is 11.8 Å². The summed E-state index contributed by atoms with van der Waals surface area (Å²) in [4.78, 5) is 27.2. The Morgan fingerprint density at radius 2 is 1.71 bits per heavy atom. The lowest BCUT2D eigenvalue weighted by Gasteiger charge is -2.27. The smallest absolute Gasteiger partial charge is 0.223 e. The van der Waals surface area contributed by atoms with E-state index in [9.17, 15) is 9.59 Å². The van der Waals surface area contributed by atoms with E-state index in [1.165, 1.54) is 0 Å². The fourth-order valence-corrected chi connectivity index (χ4v) is 2.02. The number of piperazine rings is 1. The molecule has 0 aromatic carbocycles. The molecule has 98 valence electrons. The highest BCUT2D eigenvalue weighted by Gasteiger charge is 2.18. The summed E-state index contributed by atoms with van der Waals surface area (Å²) in [5.41, 5.74) is 0. The SMILES string of the molecule is CCN(CC)C(=O)CCC(=O)N1CCNCC1. The Morgan fingerprint density at radius 1 is 1.12 bits per heavy atom. The molecule has 1 saturated heterocycles.